The van der Waals surface area contributed by atoms with Gasteiger partial charge in [0, 0.05) is 33.7 Å². The predicted octanol–water partition coefficient (Wildman–Crippen LogP) is 5.21. The Morgan fingerprint density at radius 2 is 1.33 bits per heavy atom. The van der Waals surface area contributed by atoms with Crippen LogP contribution in [0.4, 0.5) is 4.79 Å². The number of nitrogens with zero attached hydrogens (tertiary/aromatic N) is 2. The van der Waals surface area contributed by atoms with Gasteiger partial charge in [0.2, 0.25) is 0 Å². The molecule has 0 bridgehead atoms. The molecule has 1 fully saturated rings. The number of hydrogen-bond donors (Lipinski definition) is 1. The summed E-state index contributed by atoms with van der Waals surface area (Å²) in [4.78, 5) is 68.0. The molecule has 2 amide bonds. The highest BCUT2D eigenvalue weighted by Gasteiger charge is 2.39. The van der Waals surface area contributed by atoms with Crippen LogP contribution in [0.3, 0.4) is 0 Å². The minimum atomic E-state index is -1.42. The van der Waals surface area contributed by atoms with Crippen molar-refractivity contribution in [2.45, 2.75) is 123 Å². The van der Waals surface area contributed by atoms with E-state index < -0.39 is 59.8 Å². The number of benzene rings is 1. The van der Waals surface area contributed by atoms with E-state index in [-0.39, 0.29) is 31.1 Å². The highest BCUT2D eigenvalue weighted by molar-refractivity contribution is 5.90. The Balaban J connectivity index is 2.46. The maximum atomic E-state index is 14.2. The van der Waals surface area contributed by atoms with Crippen LogP contribution < -0.4 is 0 Å². The summed E-state index contributed by atoms with van der Waals surface area (Å²) in [7, 11) is 2.87. The molecular formula is C36H56N2O10. The van der Waals surface area contributed by atoms with Gasteiger partial charge in [-0.15, -0.1) is 0 Å². The Morgan fingerprint density at radius 1 is 0.833 bits per heavy atom. The minimum absolute atomic E-state index is 0.00248. The highest BCUT2D eigenvalue weighted by Crippen LogP contribution is 2.28. The van der Waals surface area contributed by atoms with Gasteiger partial charge in [0.1, 0.15) is 17.7 Å². The summed E-state index contributed by atoms with van der Waals surface area (Å²) < 4.78 is 22.1. The summed E-state index contributed by atoms with van der Waals surface area (Å²) in [6.45, 7) is 15.3. The smallest absolute Gasteiger partial charge is 0.410 e. The lowest BCUT2D eigenvalue weighted by molar-refractivity contribution is -0.172. The Hall–Kier alpha value is -3.67. The van der Waals surface area contributed by atoms with Crippen molar-refractivity contribution in [3.05, 3.63) is 35.4 Å². The predicted molar refractivity (Wildman–Crippen MR) is 179 cm³/mol. The van der Waals surface area contributed by atoms with Crippen LogP contribution in [-0.4, -0.2) is 102 Å². The average molecular weight is 677 g/mol. The number of likely N-dealkylation sites (N-methyl/N-ethyl adjacent to an activating group) is 2. The third-order valence-electron chi connectivity index (χ3n) is 8.17. The van der Waals surface area contributed by atoms with Crippen LogP contribution in [0.5, 0.6) is 0 Å². The average Bonchev–Trinajstić information content (AvgIpc) is 3.00. The number of ether oxygens (including phenoxy) is 4. The number of carbonyl (C=O) groups excluding carboxylic acids is 4. The van der Waals surface area contributed by atoms with Crippen LogP contribution in [0.1, 0.15) is 98.1 Å². The Morgan fingerprint density at radius 3 is 1.81 bits per heavy atom. The van der Waals surface area contributed by atoms with E-state index in [0.29, 0.717) is 19.1 Å². The lowest BCUT2D eigenvalue weighted by Gasteiger charge is -2.33. The summed E-state index contributed by atoms with van der Waals surface area (Å²) in [6, 6.07) is 5.61. The van der Waals surface area contributed by atoms with Crippen LogP contribution in [0.25, 0.3) is 0 Å². The molecule has 1 saturated heterocycles. The van der Waals surface area contributed by atoms with Crippen molar-refractivity contribution >= 4 is 29.9 Å². The standard InChI is InChI=1S/C36H56N2O10/c1-22(2)19-28(33(42)46-24(5)32(40)41)37(9)31(39)30(21-25-11-13-26(14-12-25)27-15-17-45-18-16-27)47-34(43)29(20-23(3)4)38(10)35(44)48-36(6,7)8/h11-14,22-24,27-30H,15-21H2,1-10H3,(H,40,41)/t24-,28+,29+,30-/m1/s1. The zero-order valence-electron chi connectivity index (χ0n) is 30.3. The van der Waals surface area contributed by atoms with Gasteiger partial charge in [0.25, 0.3) is 5.91 Å². The molecule has 1 aromatic rings. The first-order chi connectivity index (χ1) is 22.3. The van der Waals surface area contributed by atoms with Crippen molar-refractivity contribution in [2.75, 3.05) is 27.3 Å². The van der Waals surface area contributed by atoms with Gasteiger partial charge in [-0.2, -0.15) is 0 Å². The Kier molecular flexibility index (Phi) is 15.4. The molecule has 0 aromatic heterocycles. The molecule has 12 nitrogen and oxygen atoms in total. The SMILES string of the molecule is CC(C)C[C@@H](C(=O)O[C@H](Cc1ccc(C2CCOCC2)cc1)C(=O)N(C)[C@@H](CC(C)C)C(=O)O[C@H](C)C(=O)O)N(C)C(=O)OC(C)(C)C. The second-order valence-corrected chi connectivity index (χ2v) is 14.5. The Bertz CT molecular complexity index is 1230. The first kappa shape index (κ1) is 40.5. The number of rotatable bonds is 15. The van der Waals surface area contributed by atoms with Crippen molar-refractivity contribution in [3.8, 4) is 0 Å². The van der Waals surface area contributed by atoms with Gasteiger partial charge in [-0.05, 0) is 82.3 Å². The molecule has 0 radical (unpaired) electrons. The van der Waals surface area contributed by atoms with Crippen LogP contribution in [0.2, 0.25) is 0 Å². The summed E-state index contributed by atoms with van der Waals surface area (Å²) in [6.07, 6.45) is -1.22. The summed E-state index contributed by atoms with van der Waals surface area (Å²) >= 11 is 0. The van der Waals surface area contributed by atoms with Gasteiger partial charge in [-0.25, -0.2) is 19.2 Å². The fourth-order valence-corrected chi connectivity index (χ4v) is 5.43. The molecule has 0 saturated carbocycles. The molecule has 2 rings (SSSR count). The molecule has 0 unspecified atom stereocenters. The van der Waals surface area contributed by atoms with E-state index in [0.717, 1.165) is 24.0 Å². The van der Waals surface area contributed by atoms with E-state index in [1.165, 1.54) is 30.8 Å². The van der Waals surface area contributed by atoms with Gasteiger partial charge in [-0.1, -0.05) is 52.0 Å². The van der Waals surface area contributed by atoms with Crippen LogP contribution in [0.15, 0.2) is 24.3 Å². The molecular weight excluding hydrogens is 620 g/mol. The zero-order valence-corrected chi connectivity index (χ0v) is 30.3. The fourth-order valence-electron chi connectivity index (χ4n) is 5.43. The lowest BCUT2D eigenvalue weighted by atomic mass is 9.90. The van der Waals surface area contributed by atoms with E-state index in [9.17, 15) is 29.1 Å². The summed E-state index contributed by atoms with van der Waals surface area (Å²) in [5, 5.41) is 9.30. The quantitative estimate of drug-likeness (QED) is 0.194. The summed E-state index contributed by atoms with van der Waals surface area (Å²) in [5.41, 5.74) is 1.09. The van der Waals surface area contributed by atoms with Crippen molar-refractivity contribution < 1.29 is 48.0 Å². The Labute approximate surface area is 285 Å². The van der Waals surface area contributed by atoms with Crippen LogP contribution in [0, 0.1) is 11.8 Å². The number of esters is 2. The van der Waals surface area contributed by atoms with Crippen molar-refractivity contribution in [1.82, 2.24) is 9.80 Å². The monoisotopic (exact) mass is 676 g/mol. The normalized spacial score (nSPS) is 16.4. The van der Waals surface area contributed by atoms with Crippen LogP contribution in [-0.2, 0) is 44.5 Å². The maximum absolute atomic E-state index is 14.2. The van der Waals surface area contributed by atoms with Crippen LogP contribution >= 0.6 is 0 Å². The fraction of sp³-hybridized carbons (Fsp3) is 0.694. The molecule has 1 aliphatic heterocycles. The van der Waals surface area contributed by atoms with E-state index in [1.807, 2.05) is 52.0 Å². The summed E-state index contributed by atoms with van der Waals surface area (Å²) in [5.74, 6) is -3.34. The first-order valence-electron chi connectivity index (χ1n) is 16.8. The molecule has 0 aliphatic carbocycles. The maximum Gasteiger partial charge on any atom is 0.410 e. The van der Waals surface area contributed by atoms with E-state index in [2.05, 4.69) is 0 Å². The molecule has 1 N–H and O–H groups in total. The van der Waals surface area contributed by atoms with E-state index in [4.69, 9.17) is 18.9 Å². The first-order valence-corrected chi connectivity index (χ1v) is 16.8. The third-order valence-corrected chi connectivity index (χ3v) is 8.17. The minimum Gasteiger partial charge on any atom is -0.479 e. The number of carboxylic acids is 1. The molecule has 270 valence electrons. The zero-order chi connectivity index (χ0) is 36.3. The lowest BCUT2D eigenvalue weighted by Crippen LogP contribution is -2.52. The number of carboxylic acid groups (broad SMARTS) is 1. The molecule has 0 spiro atoms. The molecule has 1 aromatic carbocycles. The van der Waals surface area contributed by atoms with Gasteiger partial charge >= 0.3 is 24.0 Å². The van der Waals surface area contributed by atoms with Gasteiger partial charge < -0.3 is 29.0 Å². The number of amides is 2. The molecule has 1 heterocycles. The van der Waals surface area contributed by atoms with Gasteiger partial charge in [0.05, 0.1) is 0 Å². The van der Waals surface area contributed by atoms with Crippen molar-refractivity contribution in [2.24, 2.45) is 11.8 Å². The number of carbonyl (C=O) groups is 5. The largest absolute Gasteiger partial charge is 0.479 e. The molecule has 1 aliphatic rings. The molecule has 48 heavy (non-hydrogen) atoms. The van der Waals surface area contributed by atoms with Gasteiger partial charge in [-0.3, -0.25) is 9.69 Å². The topological polar surface area (TPSA) is 149 Å². The molecule has 12 heteroatoms. The van der Waals surface area contributed by atoms with E-state index >= 15 is 0 Å². The second-order valence-electron chi connectivity index (χ2n) is 14.5. The van der Waals surface area contributed by atoms with E-state index in [1.54, 1.807) is 20.8 Å². The molecule has 4 atom stereocenters. The van der Waals surface area contributed by atoms with Gasteiger partial charge in [0.15, 0.2) is 12.2 Å². The number of aliphatic carboxylic acids is 1. The highest BCUT2D eigenvalue weighted by atomic mass is 16.6. The van der Waals surface area contributed by atoms with Crippen molar-refractivity contribution in [1.29, 1.82) is 0 Å². The second kappa shape index (κ2) is 18.2. The number of hydrogen-bond acceptors (Lipinski definition) is 9. The van der Waals surface area contributed by atoms with Crippen molar-refractivity contribution in [3.63, 3.8) is 0 Å². The third kappa shape index (κ3) is 12.7.